The van der Waals surface area contributed by atoms with E-state index in [1.807, 2.05) is 52.8 Å². The molecule has 0 fully saturated rings. The van der Waals surface area contributed by atoms with Gasteiger partial charge in [-0.15, -0.1) is 12.4 Å². The molecule has 1 atom stereocenters. The van der Waals surface area contributed by atoms with Gasteiger partial charge in [0.2, 0.25) is 0 Å². The number of halogens is 1. The van der Waals surface area contributed by atoms with Crippen LogP contribution >= 0.6 is 12.4 Å². The van der Waals surface area contributed by atoms with Crippen LogP contribution in [0.4, 0.5) is 5.69 Å². The first-order valence-corrected chi connectivity index (χ1v) is 9.71. The molecule has 0 bridgehead atoms. The zero-order valence-corrected chi connectivity index (χ0v) is 18.7. The maximum Gasteiger partial charge on any atom is 0.266 e. The summed E-state index contributed by atoms with van der Waals surface area (Å²) in [4.78, 5) is 39.9. The smallest absolute Gasteiger partial charge is 0.266 e. The number of hydrogen-bond acceptors (Lipinski definition) is 4. The lowest BCUT2D eigenvalue weighted by Crippen LogP contribution is -2.55. The minimum atomic E-state index is -0.569. The normalized spacial score (nSPS) is 15.0. The average molecular weight is 430 g/mol. The average Bonchev–Trinajstić information content (AvgIpc) is 2.93. The molecule has 0 radical (unpaired) electrons. The molecule has 3 N–H and O–H groups in total. The highest BCUT2D eigenvalue weighted by molar-refractivity contribution is 6.35. The van der Waals surface area contributed by atoms with E-state index in [2.05, 4.69) is 5.32 Å². The second kappa shape index (κ2) is 8.58. The molecule has 2 aromatic carbocycles. The van der Waals surface area contributed by atoms with Gasteiger partial charge in [0.05, 0.1) is 22.4 Å². The highest BCUT2D eigenvalue weighted by Gasteiger charge is 2.38. The van der Waals surface area contributed by atoms with Crippen LogP contribution in [0.2, 0.25) is 0 Å². The summed E-state index contributed by atoms with van der Waals surface area (Å²) < 4.78 is 0. The van der Waals surface area contributed by atoms with E-state index in [-0.39, 0.29) is 35.7 Å². The summed E-state index contributed by atoms with van der Waals surface area (Å²) in [7, 11) is 0. The van der Waals surface area contributed by atoms with Crippen molar-refractivity contribution >= 4 is 35.8 Å². The Bertz CT molecular complexity index is 1020. The second-order valence-electron chi connectivity index (χ2n) is 8.23. The lowest BCUT2D eigenvalue weighted by atomic mass is 9.88. The van der Waals surface area contributed by atoms with Crippen molar-refractivity contribution in [2.45, 2.75) is 40.2 Å². The van der Waals surface area contributed by atoms with Crippen LogP contribution in [0.25, 0.3) is 0 Å². The largest absolute Gasteiger partial charge is 0.345 e. The molecule has 7 heteroatoms. The minimum Gasteiger partial charge on any atom is -0.345 e. The summed E-state index contributed by atoms with van der Waals surface area (Å²) in [6.07, 6.45) is 0. The molecular weight excluding hydrogens is 402 g/mol. The van der Waals surface area contributed by atoms with Crippen LogP contribution in [0, 0.1) is 19.8 Å². The third kappa shape index (κ3) is 3.98. The van der Waals surface area contributed by atoms with Crippen molar-refractivity contribution < 1.29 is 14.4 Å². The van der Waals surface area contributed by atoms with Gasteiger partial charge in [-0.25, -0.2) is 4.90 Å². The van der Waals surface area contributed by atoms with Gasteiger partial charge in [0.25, 0.3) is 17.7 Å². The number of nitrogens with one attached hydrogen (secondary N) is 1. The first kappa shape index (κ1) is 23.6. The Morgan fingerprint density at radius 1 is 1.07 bits per heavy atom. The molecule has 6 nitrogen and oxygen atoms in total. The van der Waals surface area contributed by atoms with Crippen LogP contribution in [0.5, 0.6) is 0 Å². The Morgan fingerprint density at radius 3 is 2.30 bits per heavy atom. The number of hydrogen-bond donors (Lipinski definition) is 2. The van der Waals surface area contributed by atoms with Crippen LogP contribution in [-0.4, -0.2) is 29.8 Å². The zero-order valence-electron chi connectivity index (χ0n) is 17.9. The molecule has 0 saturated heterocycles. The molecule has 0 aromatic heterocycles. The van der Waals surface area contributed by atoms with Crippen molar-refractivity contribution in [2.75, 3.05) is 11.4 Å². The summed E-state index contributed by atoms with van der Waals surface area (Å²) in [6.45, 7) is 9.92. The fraction of sp³-hybridized carbons (Fsp3) is 0.348. The van der Waals surface area contributed by atoms with Crippen molar-refractivity contribution in [3.8, 4) is 0 Å². The molecule has 3 amide bonds. The van der Waals surface area contributed by atoms with E-state index in [1.54, 1.807) is 12.1 Å². The van der Waals surface area contributed by atoms with Crippen LogP contribution in [0.3, 0.4) is 0 Å². The van der Waals surface area contributed by atoms with E-state index in [9.17, 15) is 14.4 Å². The number of benzene rings is 2. The number of nitrogens with zero attached hydrogens (tertiary/aromatic N) is 1. The van der Waals surface area contributed by atoms with Gasteiger partial charge in [-0.1, -0.05) is 26.0 Å². The number of imide groups is 1. The Labute approximate surface area is 183 Å². The van der Waals surface area contributed by atoms with E-state index in [0.29, 0.717) is 23.4 Å². The third-order valence-electron chi connectivity index (χ3n) is 5.85. The SMILES string of the molecule is Cc1ccc(C)c(N2C(=O)c3ccc(C(=O)NC(C)(CN)C(C)C)cc3C2=O)c1.Cl. The number of fused-ring (bicyclic) bond motifs is 1. The van der Waals surface area contributed by atoms with Gasteiger partial charge in [-0.3, -0.25) is 14.4 Å². The van der Waals surface area contributed by atoms with Gasteiger partial charge in [0.1, 0.15) is 0 Å². The van der Waals surface area contributed by atoms with E-state index < -0.39 is 11.4 Å². The maximum absolute atomic E-state index is 13.0. The standard InChI is InChI=1S/C23H27N3O3.ClH/c1-13(2)23(5,12-24)25-20(27)16-8-9-17-18(11-16)22(29)26(21(17)28)19-10-14(3)6-7-15(19)4;/h6-11,13H,12,24H2,1-5H3,(H,25,27);1H. The van der Waals surface area contributed by atoms with Crippen molar-refractivity contribution in [3.05, 3.63) is 64.2 Å². The predicted octanol–water partition coefficient (Wildman–Crippen LogP) is 3.63. The van der Waals surface area contributed by atoms with Gasteiger partial charge >= 0.3 is 0 Å². The highest BCUT2D eigenvalue weighted by Crippen LogP contribution is 2.32. The van der Waals surface area contributed by atoms with Gasteiger partial charge in [-0.2, -0.15) is 0 Å². The number of nitrogens with two attached hydrogens (primary N) is 1. The molecule has 2 aromatic rings. The number of rotatable bonds is 5. The molecule has 1 unspecified atom stereocenters. The van der Waals surface area contributed by atoms with Crippen LogP contribution in [0.1, 0.15) is 63.0 Å². The molecule has 0 aliphatic carbocycles. The van der Waals surface area contributed by atoms with E-state index in [4.69, 9.17) is 5.73 Å². The number of amides is 3. The number of carbonyl (C=O) groups is 3. The first-order chi connectivity index (χ1) is 13.6. The van der Waals surface area contributed by atoms with Crippen molar-refractivity contribution in [2.24, 2.45) is 11.7 Å². The zero-order chi connectivity index (χ0) is 21.5. The lowest BCUT2D eigenvalue weighted by molar-refractivity contribution is 0.0881. The molecule has 0 saturated carbocycles. The Morgan fingerprint density at radius 2 is 1.70 bits per heavy atom. The molecule has 0 spiro atoms. The monoisotopic (exact) mass is 429 g/mol. The predicted molar refractivity (Wildman–Crippen MR) is 121 cm³/mol. The quantitative estimate of drug-likeness (QED) is 0.710. The fourth-order valence-corrected chi connectivity index (χ4v) is 3.32. The van der Waals surface area contributed by atoms with Crippen molar-refractivity contribution in [3.63, 3.8) is 0 Å². The Balaban J connectivity index is 0.00000320. The topological polar surface area (TPSA) is 92.5 Å². The van der Waals surface area contributed by atoms with Crippen LogP contribution in [0.15, 0.2) is 36.4 Å². The van der Waals surface area contributed by atoms with Crippen LogP contribution < -0.4 is 16.0 Å². The Kier molecular flexibility index (Phi) is 6.74. The van der Waals surface area contributed by atoms with Crippen molar-refractivity contribution in [1.82, 2.24) is 5.32 Å². The third-order valence-corrected chi connectivity index (χ3v) is 5.85. The van der Waals surface area contributed by atoms with E-state index in [0.717, 1.165) is 11.1 Å². The summed E-state index contributed by atoms with van der Waals surface area (Å²) in [5.74, 6) is -0.979. The molecule has 1 aliphatic rings. The van der Waals surface area contributed by atoms with Gasteiger partial charge in [0.15, 0.2) is 0 Å². The molecule has 3 rings (SSSR count). The van der Waals surface area contributed by atoms with E-state index >= 15 is 0 Å². The number of aryl methyl sites for hydroxylation is 2. The molecule has 1 aliphatic heterocycles. The number of carbonyl (C=O) groups excluding carboxylic acids is 3. The summed E-state index contributed by atoms with van der Waals surface area (Å²) in [5, 5.41) is 2.96. The fourth-order valence-electron chi connectivity index (χ4n) is 3.32. The highest BCUT2D eigenvalue weighted by atomic mass is 35.5. The molecule has 160 valence electrons. The number of anilines is 1. The Hall–Kier alpha value is -2.70. The van der Waals surface area contributed by atoms with E-state index in [1.165, 1.54) is 11.0 Å². The summed E-state index contributed by atoms with van der Waals surface area (Å²) in [5.41, 5.74) is 8.51. The minimum absolute atomic E-state index is 0. The van der Waals surface area contributed by atoms with Gasteiger partial charge < -0.3 is 11.1 Å². The molecule has 30 heavy (non-hydrogen) atoms. The van der Waals surface area contributed by atoms with Crippen LogP contribution in [-0.2, 0) is 0 Å². The van der Waals surface area contributed by atoms with Crippen molar-refractivity contribution in [1.29, 1.82) is 0 Å². The second-order valence-corrected chi connectivity index (χ2v) is 8.23. The maximum atomic E-state index is 13.0. The molecular formula is C23H28ClN3O3. The first-order valence-electron chi connectivity index (χ1n) is 9.71. The van der Waals surface area contributed by atoms with Gasteiger partial charge in [0, 0.05) is 12.1 Å². The molecule has 1 heterocycles. The lowest BCUT2D eigenvalue weighted by Gasteiger charge is -2.33. The summed E-state index contributed by atoms with van der Waals surface area (Å²) >= 11 is 0. The van der Waals surface area contributed by atoms with Gasteiger partial charge in [-0.05, 0) is 62.1 Å². The summed E-state index contributed by atoms with van der Waals surface area (Å²) in [6, 6.07) is 10.2.